The number of allylic oxidation sites excluding steroid dienone is 2. The minimum atomic E-state index is 0.999. The van der Waals surface area contributed by atoms with E-state index in [0.29, 0.717) is 0 Å². The Morgan fingerprint density at radius 2 is 1.94 bits per heavy atom. The van der Waals surface area contributed by atoms with E-state index in [-0.39, 0.29) is 0 Å². The summed E-state index contributed by atoms with van der Waals surface area (Å²) in [4.78, 5) is 7.67. The summed E-state index contributed by atoms with van der Waals surface area (Å²) in [6.07, 6.45) is 7.76. The maximum atomic E-state index is 4.41. The van der Waals surface area contributed by atoms with Gasteiger partial charge in [-0.2, -0.15) is 0 Å². The normalized spacial score (nSPS) is 16.3. The molecule has 0 spiro atoms. The predicted molar refractivity (Wildman–Crippen MR) is 83.6 cm³/mol. The third-order valence-electron chi connectivity index (χ3n) is 2.81. The first-order chi connectivity index (χ1) is 8.84. The largest absolute Gasteiger partial charge is 0.361 e. The summed E-state index contributed by atoms with van der Waals surface area (Å²) in [6, 6.07) is 12.6. The molecule has 2 nitrogen and oxygen atoms in total. The van der Waals surface area contributed by atoms with Crippen molar-refractivity contribution in [2.24, 2.45) is 4.99 Å². The lowest BCUT2D eigenvalue weighted by atomic mass is 10.0. The Balaban J connectivity index is 2.18. The van der Waals surface area contributed by atoms with Crippen LogP contribution in [-0.4, -0.2) is 11.2 Å². The van der Waals surface area contributed by atoms with Crippen LogP contribution in [-0.2, 0) is 0 Å². The third-order valence-corrected chi connectivity index (χ3v) is 3.53. The Morgan fingerprint density at radius 1 is 1.11 bits per heavy atom. The van der Waals surface area contributed by atoms with Gasteiger partial charge in [0, 0.05) is 27.2 Å². The van der Waals surface area contributed by atoms with E-state index in [2.05, 4.69) is 62.9 Å². The monoisotopic (exact) mass is 346 g/mol. The van der Waals surface area contributed by atoms with Crippen molar-refractivity contribution in [1.82, 2.24) is 4.98 Å². The molecule has 0 unspecified atom stereocenters. The van der Waals surface area contributed by atoms with Gasteiger partial charge in [-0.3, -0.25) is 4.99 Å². The number of nitrogens with one attached hydrogen (secondary N) is 1. The molecule has 0 saturated heterocycles. The lowest BCUT2D eigenvalue weighted by Gasteiger charge is -2.08. The van der Waals surface area contributed by atoms with Crippen LogP contribution in [0.15, 0.2) is 65.4 Å². The second-order valence-electron chi connectivity index (χ2n) is 3.99. The van der Waals surface area contributed by atoms with Crippen molar-refractivity contribution in [1.29, 1.82) is 0 Å². The first-order valence-corrected chi connectivity index (χ1v) is 6.77. The summed E-state index contributed by atoms with van der Waals surface area (Å²) < 4.78 is 1.23. The molecule has 3 heteroatoms. The highest BCUT2D eigenvalue weighted by molar-refractivity contribution is 14.1. The number of rotatable bonds is 2. The molecule has 1 aromatic heterocycles. The molecular formula is C15H11IN2. The van der Waals surface area contributed by atoms with Crippen LogP contribution in [0.4, 0.5) is 0 Å². The molecule has 0 radical (unpaired) electrons. The molecule has 0 saturated carbocycles. The van der Waals surface area contributed by atoms with Gasteiger partial charge in [-0.25, -0.2) is 0 Å². The number of halogens is 1. The molecule has 1 N–H and O–H groups in total. The van der Waals surface area contributed by atoms with Gasteiger partial charge in [-0.15, -0.1) is 0 Å². The molecule has 3 rings (SSSR count). The van der Waals surface area contributed by atoms with Gasteiger partial charge in [0.1, 0.15) is 0 Å². The first-order valence-electron chi connectivity index (χ1n) is 5.69. The molecule has 0 aliphatic carbocycles. The fourth-order valence-corrected chi connectivity index (χ4v) is 2.35. The van der Waals surface area contributed by atoms with Gasteiger partial charge < -0.3 is 4.98 Å². The highest BCUT2D eigenvalue weighted by Gasteiger charge is 2.11. The summed E-state index contributed by atoms with van der Waals surface area (Å²) >= 11 is 2.31. The van der Waals surface area contributed by atoms with Crippen LogP contribution < -0.4 is 0 Å². The Hall–Kier alpha value is -1.62. The Bertz CT molecular complexity index is 618. The maximum absolute atomic E-state index is 4.41. The molecule has 1 aromatic carbocycles. The van der Waals surface area contributed by atoms with E-state index in [1.165, 1.54) is 9.13 Å². The van der Waals surface area contributed by atoms with Gasteiger partial charge in [0.25, 0.3) is 0 Å². The van der Waals surface area contributed by atoms with Gasteiger partial charge >= 0.3 is 0 Å². The molecular weight excluding hydrogens is 335 g/mol. The average molecular weight is 346 g/mol. The van der Waals surface area contributed by atoms with E-state index in [0.717, 1.165) is 17.0 Å². The lowest BCUT2D eigenvalue weighted by molar-refractivity contribution is 1.32. The quantitative estimate of drug-likeness (QED) is 0.796. The van der Waals surface area contributed by atoms with E-state index in [4.69, 9.17) is 0 Å². The number of hydrogen-bond donors (Lipinski definition) is 1. The average Bonchev–Trinajstić information content (AvgIpc) is 3.06. The van der Waals surface area contributed by atoms with Gasteiger partial charge in [0.2, 0.25) is 0 Å². The zero-order valence-corrected chi connectivity index (χ0v) is 11.8. The van der Waals surface area contributed by atoms with E-state index in [1.807, 2.05) is 30.6 Å². The van der Waals surface area contributed by atoms with Crippen LogP contribution >= 0.6 is 22.6 Å². The summed E-state index contributed by atoms with van der Waals surface area (Å²) in [5.74, 6) is 0. The number of aliphatic imine (C=N–C) groups is 1. The first kappa shape index (κ1) is 11.5. The van der Waals surface area contributed by atoms with Crippen molar-refractivity contribution < 1.29 is 0 Å². The fraction of sp³-hybridized carbons (Fsp3) is 0. The molecule has 0 amide bonds. The van der Waals surface area contributed by atoms with Crippen molar-refractivity contribution in [3.63, 3.8) is 0 Å². The molecule has 1 aliphatic rings. The maximum Gasteiger partial charge on any atom is 0.0729 e. The highest BCUT2D eigenvalue weighted by atomic mass is 127. The third kappa shape index (κ3) is 2.18. The van der Waals surface area contributed by atoms with Crippen molar-refractivity contribution >= 4 is 34.4 Å². The molecule has 2 aromatic rings. The second kappa shape index (κ2) is 4.94. The molecule has 88 valence electrons. The lowest BCUT2D eigenvalue weighted by Crippen LogP contribution is -1.91. The number of nitrogens with zero attached hydrogens (tertiary/aromatic N) is 1. The van der Waals surface area contributed by atoms with Crippen LogP contribution in [0, 0.1) is 3.57 Å². The summed E-state index contributed by atoms with van der Waals surface area (Å²) in [5, 5.41) is 0. The molecule has 0 bridgehead atoms. The molecule has 0 fully saturated rings. The number of aromatic amines is 1. The standard InChI is InChI=1S/C15H11IN2/c16-12-7-5-11(6-8-12)15(13-3-1-9-17-13)14-4-2-10-18-14/h1-10,17H/b15-14-. The number of hydrogen-bond acceptors (Lipinski definition) is 1. The predicted octanol–water partition coefficient (Wildman–Crippen LogP) is 4.02. The van der Waals surface area contributed by atoms with Gasteiger partial charge in [-0.05, 0) is 64.6 Å². The fourth-order valence-electron chi connectivity index (χ4n) is 1.99. The van der Waals surface area contributed by atoms with Crippen molar-refractivity contribution in [2.75, 3.05) is 0 Å². The smallest absolute Gasteiger partial charge is 0.0729 e. The van der Waals surface area contributed by atoms with E-state index >= 15 is 0 Å². The van der Waals surface area contributed by atoms with Crippen LogP contribution in [0.1, 0.15) is 11.3 Å². The number of H-pyrrole nitrogens is 1. The van der Waals surface area contributed by atoms with Crippen LogP contribution in [0.25, 0.3) is 5.57 Å². The summed E-state index contributed by atoms with van der Waals surface area (Å²) in [7, 11) is 0. The van der Waals surface area contributed by atoms with Gasteiger partial charge in [0.15, 0.2) is 0 Å². The zero-order chi connectivity index (χ0) is 12.4. The molecule has 1 aliphatic heterocycles. The SMILES string of the molecule is Ic1ccc(/C(=C2\C=CC=N2)c2ccc[nH]2)cc1. The molecule has 2 heterocycles. The van der Waals surface area contributed by atoms with Crippen LogP contribution in [0.3, 0.4) is 0 Å². The Morgan fingerprint density at radius 3 is 2.56 bits per heavy atom. The van der Waals surface area contributed by atoms with E-state index in [9.17, 15) is 0 Å². The summed E-state index contributed by atoms with van der Waals surface area (Å²) in [5.41, 5.74) is 4.41. The van der Waals surface area contributed by atoms with Crippen molar-refractivity contribution in [2.45, 2.75) is 0 Å². The van der Waals surface area contributed by atoms with E-state index < -0.39 is 0 Å². The van der Waals surface area contributed by atoms with Crippen molar-refractivity contribution in [3.8, 4) is 0 Å². The molecule has 18 heavy (non-hydrogen) atoms. The minimum absolute atomic E-state index is 0.999. The highest BCUT2D eigenvalue weighted by Crippen LogP contribution is 2.28. The Kier molecular flexibility index (Phi) is 3.15. The zero-order valence-electron chi connectivity index (χ0n) is 9.60. The van der Waals surface area contributed by atoms with Crippen molar-refractivity contribution in [3.05, 3.63) is 75.3 Å². The minimum Gasteiger partial charge on any atom is -0.361 e. The van der Waals surface area contributed by atoms with Gasteiger partial charge in [-0.1, -0.05) is 12.1 Å². The topological polar surface area (TPSA) is 28.1 Å². The summed E-state index contributed by atoms with van der Waals surface area (Å²) in [6.45, 7) is 0. The number of benzene rings is 1. The molecule has 0 atom stereocenters. The number of aromatic nitrogens is 1. The van der Waals surface area contributed by atoms with Crippen LogP contribution in [0.5, 0.6) is 0 Å². The van der Waals surface area contributed by atoms with Gasteiger partial charge in [0.05, 0.1) is 5.70 Å². The Labute approximate surface area is 119 Å². The second-order valence-corrected chi connectivity index (χ2v) is 5.23. The van der Waals surface area contributed by atoms with E-state index in [1.54, 1.807) is 0 Å². The van der Waals surface area contributed by atoms with Crippen LogP contribution in [0.2, 0.25) is 0 Å².